The number of carbonyl (C=O) groups is 1. The lowest BCUT2D eigenvalue weighted by Crippen LogP contribution is -2.06. The van der Waals surface area contributed by atoms with E-state index in [0.29, 0.717) is 5.56 Å². The summed E-state index contributed by atoms with van der Waals surface area (Å²) in [5.41, 5.74) is 3.37. The molecule has 0 fully saturated rings. The molecular formula is C16H16O2. The second kappa shape index (κ2) is 5.05. The Morgan fingerprint density at radius 1 is 1.00 bits per heavy atom. The lowest BCUT2D eigenvalue weighted by atomic mass is 9.94. The summed E-state index contributed by atoms with van der Waals surface area (Å²) in [6.45, 7) is 3.87. The van der Waals surface area contributed by atoms with E-state index in [1.165, 1.54) is 0 Å². The van der Waals surface area contributed by atoms with Crippen LogP contribution in [0.1, 0.15) is 27.0 Å². The minimum absolute atomic E-state index is 0.0632. The molecule has 0 radical (unpaired) electrons. The summed E-state index contributed by atoms with van der Waals surface area (Å²) in [5.74, 6) is 0.850. The lowest BCUT2D eigenvalue weighted by molar-refractivity contribution is 0.103. The fourth-order valence-electron chi connectivity index (χ4n) is 2.13. The zero-order valence-corrected chi connectivity index (χ0v) is 10.9. The second-order valence-corrected chi connectivity index (χ2v) is 4.33. The van der Waals surface area contributed by atoms with Crippen LogP contribution in [0.25, 0.3) is 0 Å². The number of hydrogen-bond donors (Lipinski definition) is 0. The van der Waals surface area contributed by atoms with Crippen LogP contribution in [0.15, 0.2) is 42.5 Å². The maximum atomic E-state index is 12.4. The maximum Gasteiger partial charge on any atom is 0.193 e. The van der Waals surface area contributed by atoms with Gasteiger partial charge in [-0.25, -0.2) is 0 Å². The number of benzene rings is 2. The van der Waals surface area contributed by atoms with Crippen molar-refractivity contribution in [3.63, 3.8) is 0 Å². The first-order chi connectivity index (χ1) is 8.63. The number of methoxy groups -OCH3 is 1. The number of hydrogen-bond acceptors (Lipinski definition) is 2. The number of ether oxygens (including phenoxy) is 1. The Kier molecular flexibility index (Phi) is 3.47. The van der Waals surface area contributed by atoms with E-state index in [2.05, 4.69) is 0 Å². The molecule has 0 unspecified atom stereocenters. The first kappa shape index (κ1) is 12.4. The number of rotatable bonds is 3. The molecule has 0 amide bonds. The Balaban J connectivity index is 2.49. The van der Waals surface area contributed by atoms with Gasteiger partial charge < -0.3 is 4.74 Å². The summed E-state index contributed by atoms with van der Waals surface area (Å²) < 4.78 is 5.20. The summed E-state index contributed by atoms with van der Waals surface area (Å²) in [6, 6.07) is 13.1. The van der Waals surface area contributed by atoms with E-state index in [1.54, 1.807) is 7.11 Å². The van der Waals surface area contributed by atoms with Crippen LogP contribution in [-0.4, -0.2) is 12.9 Å². The van der Waals surface area contributed by atoms with Gasteiger partial charge in [-0.1, -0.05) is 30.3 Å². The van der Waals surface area contributed by atoms with Crippen molar-refractivity contribution in [3.8, 4) is 5.75 Å². The Hall–Kier alpha value is -2.09. The Morgan fingerprint density at radius 3 is 2.06 bits per heavy atom. The van der Waals surface area contributed by atoms with E-state index in [-0.39, 0.29) is 5.78 Å². The van der Waals surface area contributed by atoms with Gasteiger partial charge in [0.25, 0.3) is 0 Å². The predicted octanol–water partition coefficient (Wildman–Crippen LogP) is 3.54. The molecule has 0 heterocycles. The van der Waals surface area contributed by atoms with Crippen LogP contribution in [0, 0.1) is 13.8 Å². The van der Waals surface area contributed by atoms with Gasteiger partial charge >= 0.3 is 0 Å². The normalized spacial score (nSPS) is 10.2. The van der Waals surface area contributed by atoms with Gasteiger partial charge in [0.1, 0.15) is 5.75 Å². The maximum absolute atomic E-state index is 12.4. The van der Waals surface area contributed by atoms with Crippen molar-refractivity contribution in [2.75, 3.05) is 7.11 Å². The third-order valence-electron chi connectivity index (χ3n) is 3.00. The molecule has 0 N–H and O–H groups in total. The number of carbonyl (C=O) groups excluding carboxylic acids is 1. The fraction of sp³-hybridized carbons (Fsp3) is 0.188. The third kappa shape index (κ3) is 2.28. The van der Waals surface area contributed by atoms with Crippen molar-refractivity contribution >= 4 is 5.78 Å². The average Bonchev–Trinajstić information content (AvgIpc) is 2.38. The van der Waals surface area contributed by atoms with Gasteiger partial charge in [-0.2, -0.15) is 0 Å². The number of aryl methyl sites for hydroxylation is 2. The standard InChI is InChI=1S/C16H16O2/c1-11-9-14(18-3)10-12(2)15(11)16(17)13-7-5-4-6-8-13/h4-10H,1-3H3. The van der Waals surface area contributed by atoms with Crippen LogP contribution >= 0.6 is 0 Å². The average molecular weight is 240 g/mol. The van der Waals surface area contributed by atoms with Crippen LogP contribution in [0.2, 0.25) is 0 Å². The highest BCUT2D eigenvalue weighted by Crippen LogP contribution is 2.24. The molecule has 0 aliphatic heterocycles. The smallest absolute Gasteiger partial charge is 0.193 e. The molecule has 2 aromatic carbocycles. The molecule has 0 aromatic heterocycles. The minimum atomic E-state index is 0.0632. The summed E-state index contributed by atoms with van der Waals surface area (Å²) in [5, 5.41) is 0. The van der Waals surface area contributed by atoms with Crippen molar-refractivity contribution < 1.29 is 9.53 Å². The van der Waals surface area contributed by atoms with Gasteiger partial charge in [0.05, 0.1) is 7.11 Å². The van der Waals surface area contributed by atoms with E-state index in [4.69, 9.17) is 4.74 Å². The molecule has 0 bridgehead atoms. The van der Waals surface area contributed by atoms with Gasteiger partial charge in [-0.05, 0) is 37.1 Å². The van der Waals surface area contributed by atoms with Crippen molar-refractivity contribution in [1.82, 2.24) is 0 Å². The molecule has 2 aromatic rings. The highest BCUT2D eigenvalue weighted by Gasteiger charge is 2.15. The minimum Gasteiger partial charge on any atom is -0.497 e. The molecule has 0 saturated heterocycles. The molecule has 0 saturated carbocycles. The zero-order valence-electron chi connectivity index (χ0n) is 10.9. The first-order valence-electron chi connectivity index (χ1n) is 5.88. The summed E-state index contributed by atoms with van der Waals surface area (Å²) >= 11 is 0. The SMILES string of the molecule is COc1cc(C)c(C(=O)c2ccccc2)c(C)c1. The van der Waals surface area contributed by atoms with Gasteiger partial charge in [-0.15, -0.1) is 0 Å². The predicted molar refractivity (Wildman–Crippen MR) is 72.3 cm³/mol. The van der Waals surface area contributed by atoms with E-state index in [9.17, 15) is 4.79 Å². The van der Waals surface area contributed by atoms with Crippen molar-refractivity contribution in [3.05, 3.63) is 64.7 Å². The van der Waals surface area contributed by atoms with E-state index >= 15 is 0 Å². The first-order valence-corrected chi connectivity index (χ1v) is 5.88. The largest absolute Gasteiger partial charge is 0.497 e. The molecular weight excluding hydrogens is 224 g/mol. The Bertz CT molecular complexity index is 548. The second-order valence-electron chi connectivity index (χ2n) is 4.33. The van der Waals surface area contributed by atoms with E-state index in [0.717, 1.165) is 22.4 Å². The molecule has 0 aliphatic rings. The van der Waals surface area contributed by atoms with E-state index in [1.807, 2.05) is 56.3 Å². The molecule has 18 heavy (non-hydrogen) atoms. The van der Waals surface area contributed by atoms with Crippen LogP contribution < -0.4 is 4.74 Å². The molecule has 0 spiro atoms. The quantitative estimate of drug-likeness (QED) is 0.767. The van der Waals surface area contributed by atoms with Crippen LogP contribution in [0.3, 0.4) is 0 Å². The summed E-state index contributed by atoms with van der Waals surface area (Å²) in [4.78, 5) is 12.4. The molecule has 0 aliphatic carbocycles. The molecule has 0 atom stereocenters. The van der Waals surface area contributed by atoms with Crippen LogP contribution in [0.5, 0.6) is 5.75 Å². The Labute approximate surface area is 107 Å². The monoisotopic (exact) mass is 240 g/mol. The van der Waals surface area contributed by atoms with Crippen molar-refractivity contribution in [2.24, 2.45) is 0 Å². The van der Waals surface area contributed by atoms with Gasteiger partial charge in [-0.3, -0.25) is 4.79 Å². The lowest BCUT2D eigenvalue weighted by Gasteiger charge is -2.11. The molecule has 92 valence electrons. The zero-order chi connectivity index (χ0) is 13.1. The van der Waals surface area contributed by atoms with Crippen molar-refractivity contribution in [1.29, 1.82) is 0 Å². The third-order valence-corrected chi connectivity index (χ3v) is 3.00. The van der Waals surface area contributed by atoms with Crippen LogP contribution in [-0.2, 0) is 0 Å². The summed E-state index contributed by atoms with van der Waals surface area (Å²) in [7, 11) is 1.63. The van der Waals surface area contributed by atoms with Gasteiger partial charge in [0.15, 0.2) is 5.78 Å². The topological polar surface area (TPSA) is 26.3 Å². The number of ketones is 1. The molecule has 2 nitrogen and oxygen atoms in total. The van der Waals surface area contributed by atoms with Gasteiger partial charge in [0, 0.05) is 11.1 Å². The van der Waals surface area contributed by atoms with Gasteiger partial charge in [0.2, 0.25) is 0 Å². The Morgan fingerprint density at radius 2 is 1.56 bits per heavy atom. The molecule has 2 rings (SSSR count). The summed E-state index contributed by atoms with van der Waals surface area (Å²) in [6.07, 6.45) is 0. The highest BCUT2D eigenvalue weighted by molar-refractivity contribution is 6.10. The molecule has 2 heteroatoms. The highest BCUT2D eigenvalue weighted by atomic mass is 16.5. The van der Waals surface area contributed by atoms with E-state index < -0.39 is 0 Å². The van der Waals surface area contributed by atoms with Crippen LogP contribution in [0.4, 0.5) is 0 Å². The van der Waals surface area contributed by atoms with Crippen molar-refractivity contribution in [2.45, 2.75) is 13.8 Å². The fourth-order valence-corrected chi connectivity index (χ4v) is 2.13.